The number of fused-ring (bicyclic) bond motifs is 1. The van der Waals surface area contributed by atoms with Gasteiger partial charge in [-0.15, -0.1) is 13.2 Å². The summed E-state index contributed by atoms with van der Waals surface area (Å²) in [5.41, 5.74) is -2.79. The predicted octanol–water partition coefficient (Wildman–Crippen LogP) is 4.62. The normalized spacial score (nSPS) is 14.0. The maximum absolute atomic E-state index is 13.2. The molecule has 0 aliphatic carbocycles. The number of ether oxygens (including phenoxy) is 1. The Kier molecular flexibility index (Phi) is 5.69. The smallest absolute Gasteiger partial charge is 0.406 e. The van der Waals surface area contributed by atoms with Crippen molar-refractivity contribution in [1.82, 2.24) is 19.6 Å². The second-order valence-electron chi connectivity index (χ2n) is 6.96. The highest BCUT2D eigenvalue weighted by Crippen LogP contribution is 2.37. The molecule has 0 fully saturated rings. The van der Waals surface area contributed by atoms with E-state index in [2.05, 4.69) is 25.1 Å². The summed E-state index contributed by atoms with van der Waals surface area (Å²) in [6, 6.07) is 2.49. The van der Waals surface area contributed by atoms with E-state index in [-0.39, 0.29) is 22.2 Å². The van der Waals surface area contributed by atoms with Crippen molar-refractivity contribution in [3.63, 3.8) is 0 Å². The van der Waals surface area contributed by atoms with E-state index in [9.17, 15) is 31.4 Å². The van der Waals surface area contributed by atoms with Gasteiger partial charge in [0, 0.05) is 11.1 Å². The van der Waals surface area contributed by atoms with E-state index in [0.29, 0.717) is 6.07 Å². The van der Waals surface area contributed by atoms with Gasteiger partial charge in [-0.3, -0.25) is 0 Å². The van der Waals surface area contributed by atoms with Crippen molar-refractivity contribution < 1.29 is 36.2 Å². The lowest BCUT2D eigenvalue weighted by atomic mass is 9.91. The molecule has 0 amide bonds. The van der Waals surface area contributed by atoms with Gasteiger partial charge in [0.2, 0.25) is 0 Å². The third-order valence-corrected chi connectivity index (χ3v) is 4.38. The summed E-state index contributed by atoms with van der Waals surface area (Å²) in [6.45, 7) is 2.68. The minimum atomic E-state index is -4.94. The summed E-state index contributed by atoms with van der Waals surface area (Å²) >= 11 is 6.10. The molecule has 7 nitrogen and oxygen atoms in total. The number of halogens is 7. The maximum Gasteiger partial charge on any atom is 0.573 e. The lowest BCUT2D eigenvalue weighted by Crippen LogP contribution is -2.35. The summed E-state index contributed by atoms with van der Waals surface area (Å²) in [5, 5.41) is 16.9. The molecule has 0 saturated carbocycles. The molecule has 14 heteroatoms. The van der Waals surface area contributed by atoms with E-state index in [1.54, 1.807) is 0 Å². The monoisotopic (exact) mass is 469 g/mol. The van der Waals surface area contributed by atoms with Crippen molar-refractivity contribution in [3.05, 3.63) is 46.9 Å². The first-order valence-corrected chi connectivity index (χ1v) is 8.85. The quantitative estimate of drug-likeness (QED) is 0.531. The first-order valence-electron chi connectivity index (χ1n) is 8.47. The molecule has 3 aromatic rings. The molecule has 1 aromatic carbocycles. The fraction of sp³-hybridized carbons (Fsp3) is 0.353. The van der Waals surface area contributed by atoms with Gasteiger partial charge >= 0.3 is 12.5 Å². The molecule has 0 spiro atoms. The number of anilines is 1. The Labute approximate surface area is 175 Å². The summed E-state index contributed by atoms with van der Waals surface area (Å²) in [7, 11) is 0. The van der Waals surface area contributed by atoms with Crippen LogP contribution in [0.3, 0.4) is 0 Å². The summed E-state index contributed by atoms with van der Waals surface area (Å²) < 4.78 is 81.7. The molecular weight excluding hydrogens is 456 g/mol. The van der Waals surface area contributed by atoms with Gasteiger partial charge in [0.05, 0.1) is 11.6 Å². The molecule has 0 bridgehead atoms. The first-order chi connectivity index (χ1) is 14.1. The van der Waals surface area contributed by atoms with E-state index in [0.717, 1.165) is 29.0 Å². The lowest BCUT2D eigenvalue weighted by Gasteiger charge is -2.32. The molecule has 0 radical (unpaired) electrons. The van der Waals surface area contributed by atoms with E-state index < -0.39 is 35.6 Å². The second kappa shape index (κ2) is 7.71. The number of hydrogen-bond acceptors (Lipinski definition) is 6. The molecule has 1 atom stereocenters. The minimum absolute atomic E-state index is 0.0994. The van der Waals surface area contributed by atoms with Crippen molar-refractivity contribution in [1.29, 1.82) is 0 Å². The number of nitrogens with one attached hydrogen (secondary N) is 1. The third kappa shape index (κ3) is 5.28. The van der Waals surface area contributed by atoms with Crippen LogP contribution in [-0.2, 0) is 6.18 Å². The Morgan fingerprint density at radius 2 is 1.81 bits per heavy atom. The number of benzene rings is 1. The molecule has 3 rings (SSSR count). The summed E-state index contributed by atoms with van der Waals surface area (Å²) in [5.74, 6) is -1.18. The van der Waals surface area contributed by atoms with Gasteiger partial charge in [-0.25, -0.2) is 4.98 Å². The Bertz CT molecular complexity index is 1090. The zero-order valence-corrected chi connectivity index (χ0v) is 16.5. The fourth-order valence-corrected chi connectivity index (χ4v) is 3.06. The summed E-state index contributed by atoms with van der Waals surface area (Å²) in [6.07, 6.45) is -8.74. The van der Waals surface area contributed by atoms with Crippen LogP contribution < -0.4 is 10.1 Å². The predicted molar refractivity (Wildman–Crippen MR) is 96.6 cm³/mol. The SMILES string of the molecule is CC(C)(O)[C@@H](Nc1cc(C(F)(F)F)nc2ncnn12)c1ccc(OC(F)(F)F)cc1Cl. The largest absolute Gasteiger partial charge is 0.573 e. The fourth-order valence-electron chi connectivity index (χ4n) is 2.78. The van der Waals surface area contributed by atoms with Crippen LogP contribution in [-0.4, -0.2) is 36.7 Å². The molecule has 2 N–H and O–H groups in total. The van der Waals surface area contributed by atoms with Crippen molar-refractivity contribution in [2.75, 3.05) is 5.32 Å². The van der Waals surface area contributed by atoms with Gasteiger partial charge in [-0.05, 0) is 31.5 Å². The Hall–Kier alpha value is -2.80. The van der Waals surface area contributed by atoms with Gasteiger partial charge in [0.25, 0.3) is 5.78 Å². The molecule has 2 aromatic heterocycles. The van der Waals surface area contributed by atoms with Crippen molar-refractivity contribution in [2.24, 2.45) is 0 Å². The number of aromatic nitrogens is 4. The minimum Gasteiger partial charge on any atom is -0.406 e. The van der Waals surface area contributed by atoms with Crippen molar-refractivity contribution >= 4 is 23.2 Å². The van der Waals surface area contributed by atoms with Gasteiger partial charge in [-0.2, -0.15) is 27.8 Å². The summed E-state index contributed by atoms with van der Waals surface area (Å²) in [4.78, 5) is 7.03. The number of alkyl halides is 6. The van der Waals surface area contributed by atoms with Crippen LogP contribution >= 0.6 is 11.6 Å². The van der Waals surface area contributed by atoms with Crippen LogP contribution in [0.25, 0.3) is 5.78 Å². The molecule has 0 aliphatic rings. The Morgan fingerprint density at radius 3 is 2.35 bits per heavy atom. The second-order valence-corrected chi connectivity index (χ2v) is 7.37. The van der Waals surface area contributed by atoms with Gasteiger partial charge in [0.15, 0.2) is 5.69 Å². The average Bonchev–Trinajstić information content (AvgIpc) is 3.06. The van der Waals surface area contributed by atoms with Crippen LogP contribution in [0.1, 0.15) is 31.1 Å². The van der Waals surface area contributed by atoms with Crippen LogP contribution in [0, 0.1) is 0 Å². The highest BCUT2D eigenvalue weighted by molar-refractivity contribution is 6.31. The van der Waals surface area contributed by atoms with E-state index in [1.165, 1.54) is 13.8 Å². The molecule has 0 aliphatic heterocycles. The van der Waals surface area contributed by atoms with Gasteiger partial charge in [-0.1, -0.05) is 17.7 Å². The highest BCUT2D eigenvalue weighted by Gasteiger charge is 2.36. The molecular formula is C17H14ClF6N5O2. The zero-order chi connectivity index (χ0) is 23.2. The van der Waals surface area contributed by atoms with Crippen molar-refractivity contribution in [3.8, 4) is 5.75 Å². The van der Waals surface area contributed by atoms with Crippen molar-refractivity contribution in [2.45, 2.75) is 38.0 Å². The number of aliphatic hydroxyl groups is 1. The highest BCUT2D eigenvalue weighted by atomic mass is 35.5. The molecule has 168 valence electrons. The van der Waals surface area contributed by atoms with E-state index in [4.69, 9.17) is 11.6 Å². The molecule has 0 unspecified atom stereocenters. The third-order valence-electron chi connectivity index (χ3n) is 4.06. The number of nitrogens with zero attached hydrogens (tertiary/aromatic N) is 4. The van der Waals surface area contributed by atoms with Crippen LogP contribution in [0.15, 0.2) is 30.6 Å². The first kappa shape index (κ1) is 22.9. The zero-order valence-electron chi connectivity index (χ0n) is 15.8. The maximum atomic E-state index is 13.2. The van der Waals surface area contributed by atoms with Gasteiger partial charge in [0.1, 0.15) is 17.9 Å². The van der Waals surface area contributed by atoms with Crippen LogP contribution in [0.5, 0.6) is 5.75 Å². The molecule has 2 heterocycles. The molecule has 31 heavy (non-hydrogen) atoms. The standard InChI is InChI=1S/C17H14ClF6N5O2/c1-15(2,30)13(9-4-3-8(5-10(9)18)31-17(22,23)24)28-12-6-11(16(19,20)21)27-14-25-7-26-29(12)14/h3-7,13,28,30H,1-2H3/t13-/m0/s1. The topological polar surface area (TPSA) is 84.6 Å². The van der Waals surface area contributed by atoms with Gasteiger partial charge < -0.3 is 15.2 Å². The van der Waals surface area contributed by atoms with E-state index >= 15 is 0 Å². The average molecular weight is 470 g/mol. The van der Waals surface area contributed by atoms with Crippen LogP contribution in [0.2, 0.25) is 5.02 Å². The lowest BCUT2D eigenvalue weighted by molar-refractivity contribution is -0.274. The number of hydrogen-bond donors (Lipinski definition) is 2. The Balaban J connectivity index is 2.06. The number of rotatable bonds is 5. The van der Waals surface area contributed by atoms with E-state index in [1.807, 2.05) is 0 Å². The Morgan fingerprint density at radius 1 is 1.13 bits per heavy atom. The van der Waals surface area contributed by atoms with Crippen LogP contribution in [0.4, 0.5) is 32.2 Å². The molecule has 0 saturated heterocycles.